The molecule has 20 heavy (non-hydrogen) atoms. The van der Waals surface area contributed by atoms with Gasteiger partial charge >= 0.3 is 5.97 Å². The highest BCUT2D eigenvalue weighted by Gasteiger charge is 2.42. The minimum absolute atomic E-state index is 0.246. The number of carbonyl (C=O) groups excluding carboxylic acids is 1. The van der Waals surface area contributed by atoms with Crippen LogP contribution in [0.15, 0.2) is 30.3 Å². The lowest BCUT2D eigenvalue weighted by Gasteiger charge is -2.34. The lowest BCUT2D eigenvalue weighted by molar-refractivity contribution is -0.152. The molecule has 0 spiro atoms. The summed E-state index contributed by atoms with van der Waals surface area (Å²) in [6, 6.07) is 7.98. The molecular weight excluding hydrogens is 260 g/mol. The molecule has 1 aromatic rings. The summed E-state index contributed by atoms with van der Waals surface area (Å²) in [6.07, 6.45) is 0.491. The fraction of sp³-hybridized carbons (Fsp3) is 0.429. The highest BCUT2D eigenvalue weighted by molar-refractivity contribution is 5.90. The first-order valence-corrected chi connectivity index (χ1v) is 6.49. The van der Waals surface area contributed by atoms with E-state index in [2.05, 4.69) is 5.32 Å². The van der Waals surface area contributed by atoms with Crippen LogP contribution in [0.5, 0.6) is 0 Å². The number of nitrogens with one attached hydrogen (secondary N) is 1. The van der Waals surface area contributed by atoms with Crippen molar-refractivity contribution >= 4 is 11.9 Å². The highest BCUT2D eigenvalue weighted by Crippen LogP contribution is 2.22. The smallest absolute Gasteiger partial charge is 0.329 e. The number of amides is 1. The number of rotatable bonds is 4. The van der Waals surface area contributed by atoms with Gasteiger partial charge in [0.2, 0.25) is 5.91 Å². The second-order valence-electron chi connectivity index (χ2n) is 4.88. The SMILES string of the molecule is N[C@H](C(=O)NC1(C(=O)O)CCOCC1)c1ccccc1. The zero-order chi connectivity index (χ0) is 14.6. The number of nitrogens with two attached hydrogens (primary N) is 1. The fourth-order valence-electron chi connectivity index (χ4n) is 2.24. The van der Waals surface area contributed by atoms with Gasteiger partial charge in [-0.25, -0.2) is 4.79 Å². The molecule has 1 aliphatic rings. The molecule has 0 unspecified atom stereocenters. The van der Waals surface area contributed by atoms with Crippen LogP contribution in [0.3, 0.4) is 0 Å². The monoisotopic (exact) mass is 278 g/mol. The molecule has 108 valence electrons. The average Bonchev–Trinajstić information content (AvgIpc) is 2.48. The van der Waals surface area contributed by atoms with Crippen LogP contribution in [0.1, 0.15) is 24.4 Å². The van der Waals surface area contributed by atoms with Gasteiger partial charge in [-0.1, -0.05) is 30.3 Å². The van der Waals surface area contributed by atoms with E-state index in [0.717, 1.165) is 0 Å². The van der Waals surface area contributed by atoms with E-state index in [4.69, 9.17) is 10.5 Å². The Morgan fingerprint density at radius 3 is 2.40 bits per heavy atom. The summed E-state index contributed by atoms with van der Waals surface area (Å²) in [5, 5.41) is 12.0. The minimum Gasteiger partial charge on any atom is -0.480 e. The van der Waals surface area contributed by atoms with Gasteiger partial charge in [0.25, 0.3) is 0 Å². The van der Waals surface area contributed by atoms with Gasteiger partial charge in [0.15, 0.2) is 0 Å². The van der Waals surface area contributed by atoms with Crippen molar-refractivity contribution in [1.82, 2.24) is 5.32 Å². The molecule has 2 rings (SSSR count). The molecule has 1 saturated heterocycles. The van der Waals surface area contributed by atoms with Crippen molar-refractivity contribution in [2.75, 3.05) is 13.2 Å². The number of ether oxygens (including phenoxy) is 1. The molecule has 6 heteroatoms. The van der Waals surface area contributed by atoms with E-state index in [1.807, 2.05) is 6.07 Å². The summed E-state index contributed by atoms with van der Waals surface area (Å²) in [6.45, 7) is 0.625. The molecule has 6 nitrogen and oxygen atoms in total. The summed E-state index contributed by atoms with van der Waals surface area (Å²) < 4.78 is 5.16. The van der Waals surface area contributed by atoms with Crippen LogP contribution in [-0.2, 0) is 14.3 Å². The van der Waals surface area contributed by atoms with Gasteiger partial charge in [-0.05, 0) is 5.56 Å². The predicted molar refractivity (Wildman–Crippen MR) is 71.9 cm³/mol. The molecule has 0 aromatic heterocycles. The Labute approximate surface area is 116 Å². The van der Waals surface area contributed by atoms with E-state index in [-0.39, 0.29) is 12.8 Å². The van der Waals surface area contributed by atoms with Gasteiger partial charge in [0.1, 0.15) is 11.6 Å². The Hall–Kier alpha value is -1.92. The summed E-state index contributed by atoms with van der Waals surface area (Å²) in [5.74, 6) is -1.53. The van der Waals surface area contributed by atoms with Gasteiger partial charge in [-0.3, -0.25) is 4.79 Å². The standard InChI is InChI=1S/C14H18N2O4/c15-11(10-4-2-1-3-5-10)12(17)16-14(13(18)19)6-8-20-9-7-14/h1-5,11H,6-9,15H2,(H,16,17)(H,18,19)/t11-/m0/s1. The number of benzene rings is 1. The second kappa shape index (κ2) is 6.02. The van der Waals surface area contributed by atoms with Gasteiger partial charge in [-0.15, -0.1) is 0 Å². The third kappa shape index (κ3) is 2.97. The summed E-state index contributed by atoms with van der Waals surface area (Å²) >= 11 is 0. The Bertz CT molecular complexity index is 483. The number of carbonyl (C=O) groups is 2. The largest absolute Gasteiger partial charge is 0.480 e. The van der Waals surface area contributed by atoms with Crippen molar-refractivity contribution in [1.29, 1.82) is 0 Å². The molecule has 1 fully saturated rings. The van der Waals surface area contributed by atoms with Crippen LogP contribution >= 0.6 is 0 Å². The molecule has 0 saturated carbocycles. The number of carboxylic acids is 1. The maximum absolute atomic E-state index is 12.2. The number of carboxylic acid groups (broad SMARTS) is 1. The minimum atomic E-state index is -1.28. The normalized spacial score (nSPS) is 19.1. The topological polar surface area (TPSA) is 102 Å². The fourth-order valence-corrected chi connectivity index (χ4v) is 2.24. The molecule has 1 amide bonds. The molecule has 4 N–H and O–H groups in total. The van der Waals surface area contributed by atoms with E-state index >= 15 is 0 Å². The molecular formula is C14H18N2O4. The first-order valence-electron chi connectivity index (χ1n) is 6.49. The molecule has 0 radical (unpaired) electrons. The Kier molecular flexibility index (Phi) is 4.36. The van der Waals surface area contributed by atoms with Crippen molar-refractivity contribution in [3.8, 4) is 0 Å². The van der Waals surface area contributed by atoms with Gasteiger partial charge in [0.05, 0.1) is 0 Å². The number of aliphatic carboxylic acids is 1. The Balaban J connectivity index is 2.11. The molecule has 1 aliphatic heterocycles. The lowest BCUT2D eigenvalue weighted by Crippen LogP contribution is -2.59. The van der Waals surface area contributed by atoms with E-state index in [9.17, 15) is 14.7 Å². The first kappa shape index (κ1) is 14.5. The van der Waals surface area contributed by atoms with E-state index < -0.39 is 23.5 Å². The Morgan fingerprint density at radius 1 is 1.25 bits per heavy atom. The van der Waals surface area contributed by atoms with Crippen LogP contribution < -0.4 is 11.1 Å². The van der Waals surface area contributed by atoms with Crippen molar-refractivity contribution in [2.45, 2.75) is 24.4 Å². The third-order valence-corrected chi connectivity index (χ3v) is 3.56. The maximum Gasteiger partial charge on any atom is 0.329 e. The van der Waals surface area contributed by atoms with E-state index in [0.29, 0.717) is 18.8 Å². The van der Waals surface area contributed by atoms with Crippen LogP contribution in [-0.4, -0.2) is 35.7 Å². The lowest BCUT2D eigenvalue weighted by atomic mass is 9.89. The Morgan fingerprint density at radius 2 is 1.85 bits per heavy atom. The highest BCUT2D eigenvalue weighted by atomic mass is 16.5. The molecule has 0 bridgehead atoms. The first-order chi connectivity index (χ1) is 9.55. The van der Waals surface area contributed by atoms with Gasteiger partial charge in [-0.2, -0.15) is 0 Å². The summed E-state index contributed by atoms with van der Waals surface area (Å²) in [5.41, 5.74) is 5.25. The number of hydrogen-bond acceptors (Lipinski definition) is 4. The van der Waals surface area contributed by atoms with E-state index in [1.165, 1.54) is 0 Å². The van der Waals surface area contributed by atoms with Crippen LogP contribution in [0, 0.1) is 0 Å². The third-order valence-electron chi connectivity index (χ3n) is 3.56. The quantitative estimate of drug-likeness (QED) is 0.741. The second-order valence-corrected chi connectivity index (χ2v) is 4.88. The van der Waals surface area contributed by atoms with Crippen molar-refractivity contribution in [2.24, 2.45) is 5.73 Å². The summed E-state index contributed by atoms with van der Waals surface area (Å²) in [7, 11) is 0. The summed E-state index contributed by atoms with van der Waals surface area (Å²) in [4.78, 5) is 23.6. The van der Waals surface area contributed by atoms with Gasteiger partial charge < -0.3 is 20.9 Å². The van der Waals surface area contributed by atoms with Gasteiger partial charge in [0, 0.05) is 26.1 Å². The van der Waals surface area contributed by atoms with Crippen LogP contribution in [0.25, 0.3) is 0 Å². The van der Waals surface area contributed by atoms with Crippen molar-refractivity contribution < 1.29 is 19.4 Å². The molecule has 1 atom stereocenters. The molecule has 1 aromatic carbocycles. The average molecular weight is 278 g/mol. The van der Waals surface area contributed by atoms with Crippen LogP contribution in [0.4, 0.5) is 0 Å². The molecule has 0 aliphatic carbocycles. The maximum atomic E-state index is 12.2. The predicted octanol–water partition coefficient (Wildman–Crippen LogP) is 0.436. The molecule has 1 heterocycles. The zero-order valence-electron chi connectivity index (χ0n) is 11.0. The van der Waals surface area contributed by atoms with Crippen molar-refractivity contribution in [3.63, 3.8) is 0 Å². The zero-order valence-corrected chi connectivity index (χ0v) is 11.0. The van der Waals surface area contributed by atoms with Crippen LogP contribution in [0.2, 0.25) is 0 Å². The van der Waals surface area contributed by atoms with E-state index in [1.54, 1.807) is 24.3 Å². The number of hydrogen-bond donors (Lipinski definition) is 3. The van der Waals surface area contributed by atoms with Crippen molar-refractivity contribution in [3.05, 3.63) is 35.9 Å².